The van der Waals surface area contributed by atoms with Crippen LogP contribution in [0.25, 0.3) is 0 Å². The zero-order chi connectivity index (χ0) is 14.5. The van der Waals surface area contributed by atoms with Crippen LogP contribution in [0.3, 0.4) is 0 Å². The Morgan fingerprint density at radius 3 is 2.68 bits per heavy atom. The van der Waals surface area contributed by atoms with Gasteiger partial charge in [0, 0.05) is 6.07 Å². The summed E-state index contributed by atoms with van der Waals surface area (Å²) in [4.78, 5) is 10.0. The number of nitro benzene ring substituents is 1. The second-order valence-electron chi connectivity index (χ2n) is 3.58. The second-order valence-corrected chi connectivity index (χ2v) is 5.47. The van der Waals surface area contributed by atoms with Crippen LogP contribution < -0.4 is 15.2 Å². The predicted molar refractivity (Wildman–Crippen MR) is 68.5 cm³/mol. The van der Waals surface area contributed by atoms with Gasteiger partial charge in [-0.15, -0.1) is 0 Å². The molecule has 9 heteroatoms. The number of ether oxygens (including phenoxy) is 1. The maximum absolute atomic E-state index is 11.6. The average Bonchev–Trinajstić information content (AvgIpc) is 2.39. The van der Waals surface area contributed by atoms with Gasteiger partial charge in [-0.25, -0.2) is 13.1 Å². The summed E-state index contributed by atoms with van der Waals surface area (Å²) >= 11 is 0. The van der Waals surface area contributed by atoms with E-state index in [-0.39, 0.29) is 17.3 Å². The fourth-order valence-electron chi connectivity index (χ4n) is 1.31. The van der Waals surface area contributed by atoms with Crippen molar-refractivity contribution in [2.75, 3.05) is 20.2 Å². The molecule has 0 bridgehead atoms. The highest BCUT2D eigenvalue weighted by molar-refractivity contribution is 7.89. The highest BCUT2D eigenvalue weighted by atomic mass is 32.2. The lowest BCUT2D eigenvalue weighted by atomic mass is 10.3. The molecule has 0 heterocycles. The van der Waals surface area contributed by atoms with E-state index >= 15 is 0 Å². The first-order valence-electron chi connectivity index (χ1n) is 5.47. The standard InChI is InChI=1S/C10H15N3O5S/c1-12-19(16,17)8-3-4-10(18-6-2-5-11)9(7-8)13(14)15/h3-4,7,12H,2,5-6,11H2,1H3. The molecule has 0 spiro atoms. The summed E-state index contributed by atoms with van der Waals surface area (Å²) in [6.45, 7) is 0.634. The quantitative estimate of drug-likeness (QED) is 0.420. The Bertz CT molecular complexity index is 558. The Morgan fingerprint density at radius 2 is 2.16 bits per heavy atom. The molecular weight excluding hydrogens is 274 g/mol. The van der Waals surface area contributed by atoms with E-state index in [9.17, 15) is 18.5 Å². The Morgan fingerprint density at radius 1 is 1.47 bits per heavy atom. The molecule has 19 heavy (non-hydrogen) atoms. The van der Waals surface area contributed by atoms with Crippen LogP contribution in [0.1, 0.15) is 6.42 Å². The van der Waals surface area contributed by atoms with Crippen molar-refractivity contribution in [2.45, 2.75) is 11.3 Å². The Balaban J connectivity index is 3.12. The molecule has 0 aliphatic rings. The van der Waals surface area contributed by atoms with Crippen LogP contribution in [-0.4, -0.2) is 33.5 Å². The molecule has 1 aromatic carbocycles. The van der Waals surface area contributed by atoms with Crippen LogP contribution in [0, 0.1) is 10.1 Å². The molecule has 1 rings (SSSR count). The van der Waals surface area contributed by atoms with Gasteiger partial charge in [-0.05, 0) is 32.1 Å². The summed E-state index contributed by atoms with van der Waals surface area (Å²) in [6.07, 6.45) is 0.549. The minimum absolute atomic E-state index is 0.0218. The summed E-state index contributed by atoms with van der Waals surface area (Å²) in [5.74, 6) is 0.0218. The number of hydrogen-bond donors (Lipinski definition) is 2. The molecule has 0 saturated carbocycles. The third-order valence-corrected chi connectivity index (χ3v) is 3.72. The first-order chi connectivity index (χ1) is 8.92. The number of rotatable bonds is 7. The molecule has 0 aliphatic carbocycles. The van der Waals surface area contributed by atoms with E-state index in [1.54, 1.807) is 0 Å². The number of nitro groups is 1. The smallest absolute Gasteiger partial charge is 0.312 e. The van der Waals surface area contributed by atoms with Gasteiger partial charge >= 0.3 is 5.69 Å². The molecule has 0 saturated heterocycles. The van der Waals surface area contributed by atoms with E-state index in [4.69, 9.17) is 10.5 Å². The molecule has 0 amide bonds. The van der Waals surface area contributed by atoms with Crippen molar-refractivity contribution in [3.05, 3.63) is 28.3 Å². The van der Waals surface area contributed by atoms with E-state index < -0.39 is 20.6 Å². The van der Waals surface area contributed by atoms with Gasteiger partial charge in [0.2, 0.25) is 10.0 Å². The van der Waals surface area contributed by atoms with Crippen molar-refractivity contribution in [3.8, 4) is 5.75 Å². The summed E-state index contributed by atoms with van der Waals surface area (Å²) < 4.78 is 30.4. The lowest BCUT2D eigenvalue weighted by Gasteiger charge is -2.08. The number of hydrogen-bond acceptors (Lipinski definition) is 6. The molecule has 0 aliphatic heterocycles. The van der Waals surface area contributed by atoms with Crippen LogP contribution in [0.4, 0.5) is 5.69 Å². The molecular formula is C10H15N3O5S. The molecule has 106 valence electrons. The number of nitrogens with one attached hydrogen (secondary N) is 1. The third-order valence-electron chi connectivity index (χ3n) is 2.31. The van der Waals surface area contributed by atoms with Crippen molar-refractivity contribution < 1.29 is 18.1 Å². The van der Waals surface area contributed by atoms with Crippen molar-refractivity contribution in [3.63, 3.8) is 0 Å². The lowest BCUT2D eigenvalue weighted by Crippen LogP contribution is -2.18. The SMILES string of the molecule is CNS(=O)(=O)c1ccc(OCCCN)c([N+](=O)[O-])c1. The number of nitrogens with two attached hydrogens (primary N) is 1. The van der Waals surface area contributed by atoms with Crippen molar-refractivity contribution in [2.24, 2.45) is 5.73 Å². The Kier molecular flexibility index (Phi) is 5.21. The van der Waals surface area contributed by atoms with Gasteiger partial charge in [-0.3, -0.25) is 10.1 Å². The Labute approximate surface area is 110 Å². The van der Waals surface area contributed by atoms with Gasteiger partial charge in [0.15, 0.2) is 5.75 Å². The molecule has 8 nitrogen and oxygen atoms in total. The first kappa shape index (κ1) is 15.3. The van der Waals surface area contributed by atoms with Crippen molar-refractivity contribution in [1.82, 2.24) is 4.72 Å². The minimum Gasteiger partial charge on any atom is -0.487 e. The summed E-state index contributed by atoms with van der Waals surface area (Å²) in [7, 11) is -2.50. The van der Waals surface area contributed by atoms with Crippen LogP contribution in [0.2, 0.25) is 0 Å². The zero-order valence-electron chi connectivity index (χ0n) is 10.3. The van der Waals surface area contributed by atoms with E-state index in [0.717, 1.165) is 6.07 Å². The fraction of sp³-hybridized carbons (Fsp3) is 0.400. The first-order valence-corrected chi connectivity index (χ1v) is 6.95. The minimum atomic E-state index is -3.73. The van der Waals surface area contributed by atoms with Gasteiger partial charge in [0.05, 0.1) is 16.4 Å². The summed E-state index contributed by atoms with van der Waals surface area (Å²) in [5.41, 5.74) is 4.89. The van der Waals surface area contributed by atoms with Crippen LogP contribution in [0.15, 0.2) is 23.1 Å². The van der Waals surface area contributed by atoms with Crippen molar-refractivity contribution in [1.29, 1.82) is 0 Å². The maximum Gasteiger partial charge on any atom is 0.312 e. The molecule has 0 unspecified atom stereocenters. The van der Waals surface area contributed by atoms with E-state index in [0.29, 0.717) is 13.0 Å². The Hall–Kier alpha value is -1.71. The van der Waals surface area contributed by atoms with E-state index in [2.05, 4.69) is 4.72 Å². The van der Waals surface area contributed by atoms with Crippen LogP contribution >= 0.6 is 0 Å². The van der Waals surface area contributed by atoms with Crippen LogP contribution in [-0.2, 0) is 10.0 Å². The monoisotopic (exact) mass is 289 g/mol. The third kappa shape index (κ3) is 3.88. The van der Waals surface area contributed by atoms with Gasteiger partial charge in [0.1, 0.15) is 0 Å². The zero-order valence-corrected chi connectivity index (χ0v) is 11.1. The van der Waals surface area contributed by atoms with Crippen LogP contribution in [0.5, 0.6) is 5.75 Å². The normalized spacial score (nSPS) is 11.3. The molecule has 0 fully saturated rings. The van der Waals surface area contributed by atoms with Crippen molar-refractivity contribution >= 4 is 15.7 Å². The number of sulfonamides is 1. The lowest BCUT2D eigenvalue weighted by molar-refractivity contribution is -0.386. The van der Waals surface area contributed by atoms with Gasteiger partial charge in [-0.1, -0.05) is 0 Å². The molecule has 1 aromatic rings. The highest BCUT2D eigenvalue weighted by Gasteiger charge is 2.21. The highest BCUT2D eigenvalue weighted by Crippen LogP contribution is 2.29. The fourth-order valence-corrected chi connectivity index (χ4v) is 2.06. The van der Waals surface area contributed by atoms with E-state index in [1.165, 1.54) is 19.2 Å². The molecule has 0 atom stereocenters. The molecule has 0 aromatic heterocycles. The number of nitrogens with zero attached hydrogens (tertiary/aromatic N) is 1. The average molecular weight is 289 g/mol. The maximum atomic E-state index is 11.6. The van der Waals surface area contributed by atoms with Gasteiger partial charge < -0.3 is 10.5 Å². The van der Waals surface area contributed by atoms with E-state index in [1.807, 2.05) is 0 Å². The number of benzene rings is 1. The topological polar surface area (TPSA) is 125 Å². The largest absolute Gasteiger partial charge is 0.487 e. The molecule has 3 N–H and O–H groups in total. The summed E-state index contributed by atoms with van der Waals surface area (Å²) in [6, 6.07) is 3.47. The summed E-state index contributed by atoms with van der Waals surface area (Å²) in [5, 5.41) is 10.9. The predicted octanol–water partition coefficient (Wildman–Crippen LogP) is 0.231. The van der Waals surface area contributed by atoms with Gasteiger partial charge in [0.25, 0.3) is 0 Å². The second kappa shape index (κ2) is 6.45. The molecule has 0 radical (unpaired) electrons. The van der Waals surface area contributed by atoms with Gasteiger partial charge in [-0.2, -0.15) is 0 Å².